The highest BCUT2D eigenvalue weighted by atomic mass is 16.5. The van der Waals surface area contributed by atoms with Gasteiger partial charge in [-0.15, -0.1) is 0 Å². The van der Waals surface area contributed by atoms with Crippen molar-refractivity contribution in [3.05, 3.63) is 64.2 Å². The summed E-state index contributed by atoms with van der Waals surface area (Å²) in [5.74, 6) is -0.837. The molecule has 2 aromatic rings. The summed E-state index contributed by atoms with van der Waals surface area (Å²) in [6, 6.07) is 11.3. The number of esters is 1. The SMILES string of the molecule is Cc1cc(C)cc(C(=O)OC(C)C(=O)Nc2c(C)cccc2C)c1. The average Bonchev–Trinajstić information content (AvgIpc) is 2.49. The van der Waals surface area contributed by atoms with Crippen LogP contribution in [0.15, 0.2) is 36.4 Å². The van der Waals surface area contributed by atoms with Crippen molar-refractivity contribution < 1.29 is 14.3 Å². The molecule has 1 amide bonds. The molecule has 0 aromatic heterocycles. The maximum absolute atomic E-state index is 12.3. The lowest BCUT2D eigenvalue weighted by Gasteiger charge is -2.16. The zero-order chi connectivity index (χ0) is 17.9. The van der Waals surface area contributed by atoms with Gasteiger partial charge in [-0.1, -0.05) is 35.4 Å². The molecule has 0 saturated heterocycles. The number of carbonyl (C=O) groups is 2. The second-order valence-electron chi connectivity index (χ2n) is 6.18. The molecule has 0 radical (unpaired) electrons. The molecule has 24 heavy (non-hydrogen) atoms. The number of benzene rings is 2. The minimum atomic E-state index is -0.877. The Morgan fingerprint density at radius 1 is 0.958 bits per heavy atom. The first kappa shape index (κ1) is 17.7. The van der Waals surface area contributed by atoms with E-state index in [0.717, 1.165) is 27.9 Å². The van der Waals surface area contributed by atoms with Gasteiger partial charge in [-0.3, -0.25) is 4.79 Å². The van der Waals surface area contributed by atoms with Crippen LogP contribution >= 0.6 is 0 Å². The summed E-state index contributed by atoms with van der Waals surface area (Å²) >= 11 is 0. The molecule has 0 aliphatic carbocycles. The Kier molecular flexibility index (Phi) is 5.39. The summed E-state index contributed by atoms with van der Waals surface area (Å²) in [5, 5.41) is 2.84. The van der Waals surface area contributed by atoms with Gasteiger partial charge in [0.25, 0.3) is 5.91 Å². The largest absolute Gasteiger partial charge is 0.449 e. The van der Waals surface area contributed by atoms with Gasteiger partial charge in [0, 0.05) is 5.69 Å². The number of hydrogen-bond acceptors (Lipinski definition) is 3. The Hall–Kier alpha value is -2.62. The third-order valence-corrected chi connectivity index (χ3v) is 3.84. The Morgan fingerprint density at radius 2 is 1.50 bits per heavy atom. The minimum absolute atomic E-state index is 0.342. The van der Waals surface area contributed by atoms with E-state index in [-0.39, 0.29) is 5.91 Å². The van der Waals surface area contributed by atoms with Crippen molar-refractivity contribution >= 4 is 17.6 Å². The van der Waals surface area contributed by atoms with E-state index >= 15 is 0 Å². The quantitative estimate of drug-likeness (QED) is 0.861. The molecule has 2 rings (SSSR count). The van der Waals surface area contributed by atoms with Crippen LogP contribution in [0.3, 0.4) is 0 Å². The fourth-order valence-corrected chi connectivity index (χ4v) is 2.61. The molecule has 0 bridgehead atoms. The fraction of sp³-hybridized carbons (Fsp3) is 0.300. The molecular formula is C20H23NO3. The molecule has 0 saturated carbocycles. The highest BCUT2D eigenvalue weighted by Crippen LogP contribution is 2.20. The van der Waals surface area contributed by atoms with Crippen molar-refractivity contribution in [1.29, 1.82) is 0 Å². The Balaban J connectivity index is 2.07. The summed E-state index contributed by atoms with van der Waals surface area (Å²) < 4.78 is 5.31. The smallest absolute Gasteiger partial charge is 0.338 e. The first-order valence-electron chi connectivity index (χ1n) is 7.94. The molecule has 4 heteroatoms. The molecule has 1 unspecified atom stereocenters. The normalized spacial score (nSPS) is 11.7. The van der Waals surface area contributed by atoms with Crippen LogP contribution in [0.2, 0.25) is 0 Å². The number of para-hydroxylation sites is 1. The van der Waals surface area contributed by atoms with Gasteiger partial charge in [-0.25, -0.2) is 4.79 Å². The number of anilines is 1. The molecule has 0 aliphatic heterocycles. The number of carbonyl (C=O) groups excluding carboxylic acids is 2. The Morgan fingerprint density at radius 3 is 2.04 bits per heavy atom. The van der Waals surface area contributed by atoms with Gasteiger partial charge in [-0.05, 0) is 57.9 Å². The van der Waals surface area contributed by atoms with Crippen LogP contribution in [-0.2, 0) is 9.53 Å². The number of nitrogens with one attached hydrogen (secondary N) is 1. The average molecular weight is 325 g/mol. The zero-order valence-corrected chi connectivity index (χ0v) is 14.8. The molecule has 1 atom stereocenters. The number of aryl methyl sites for hydroxylation is 4. The molecule has 0 fully saturated rings. The molecule has 0 aliphatic rings. The molecular weight excluding hydrogens is 302 g/mol. The van der Waals surface area contributed by atoms with E-state index in [0.29, 0.717) is 5.56 Å². The number of hydrogen-bond donors (Lipinski definition) is 1. The predicted molar refractivity (Wildman–Crippen MR) is 95.3 cm³/mol. The van der Waals surface area contributed by atoms with Crippen LogP contribution in [-0.4, -0.2) is 18.0 Å². The summed E-state index contributed by atoms with van der Waals surface area (Å²) in [4.78, 5) is 24.6. The van der Waals surface area contributed by atoms with Gasteiger partial charge in [0.1, 0.15) is 0 Å². The maximum Gasteiger partial charge on any atom is 0.338 e. The number of rotatable bonds is 4. The molecule has 4 nitrogen and oxygen atoms in total. The van der Waals surface area contributed by atoms with Crippen LogP contribution in [0.1, 0.15) is 39.5 Å². The third-order valence-electron chi connectivity index (χ3n) is 3.84. The van der Waals surface area contributed by atoms with E-state index in [4.69, 9.17) is 4.74 Å². The van der Waals surface area contributed by atoms with Crippen molar-refractivity contribution in [2.45, 2.75) is 40.7 Å². The second-order valence-corrected chi connectivity index (χ2v) is 6.18. The van der Waals surface area contributed by atoms with Gasteiger partial charge in [0.05, 0.1) is 5.56 Å². The van der Waals surface area contributed by atoms with Crippen LogP contribution in [0.25, 0.3) is 0 Å². The van der Waals surface area contributed by atoms with Gasteiger partial charge in [-0.2, -0.15) is 0 Å². The summed E-state index contributed by atoms with van der Waals surface area (Å²) in [6.45, 7) is 9.26. The van der Waals surface area contributed by atoms with Gasteiger partial charge in [0.15, 0.2) is 6.10 Å². The van der Waals surface area contributed by atoms with Crippen LogP contribution in [0.4, 0.5) is 5.69 Å². The second kappa shape index (κ2) is 7.30. The van der Waals surface area contributed by atoms with E-state index in [1.54, 1.807) is 19.1 Å². The summed E-state index contributed by atoms with van der Waals surface area (Å²) in [6.07, 6.45) is -0.877. The van der Waals surface area contributed by atoms with Gasteiger partial charge < -0.3 is 10.1 Å². The molecule has 126 valence electrons. The van der Waals surface area contributed by atoms with Crippen molar-refractivity contribution in [3.8, 4) is 0 Å². The van der Waals surface area contributed by atoms with Crippen molar-refractivity contribution in [1.82, 2.24) is 0 Å². The Labute approximate surface area is 142 Å². The Bertz CT molecular complexity index is 740. The van der Waals surface area contributed by atoms with Crippen molar-refractivity contribution in [3.63, 3.8) is 0 Å². The van der Waals surface area contributed by atoms with Crippen LogP contribution < -0.4 is 5.32 Å². The molecule has 2 aromatic carbocycles. The summed E-state index contributed by atoms with van der Waals surface area (Å²) in [7, 11) is 0. The van der Waals surface area contributed by atoms with E-state index in [1.165, 1.54) is 0 Å². The fourth-order valence-electron chi connectivity index (χ4n) is 2.61. The summed E-state index contributed by atoms with van der Waals surface area (Å²) in [5.41, 5.74) is 5.12. The van der Waals surface area contributed by atoms with E-state index in [9.17, 15) is 9.59 Å². The molecule has 0 spiro atoms. The van der Waals surface area contributed by atoms with Crippen molar-refractivity contribution in [2.24, 2.45) is 0 Å². The van der Waals surface area contributed by atoms with Gasteiger partial charge >= 0.3 is 5.97 Å². The highest BCUT2D eigenvalue weighted by molar-refractivity contribution is 5.98. The zero-order valence-electron chi connectivity index (χ0n) is 14.8. The lowest BCUT2D eigenvalue weighted by atomic mass is 10.1. The minimum Gasteiger partial charge on any atom is -0.449 e. The van der Waals surface area contributed by atoms with E-state index in [1.807, 2.05) is 52.0 Å². The van der Waals surface area contributed by atoms with Crippen molar-refractivity contribution in [2.75, 3.05) is 5.32 Å². The third kappa shape index (κ3) is 4.22. The van der Waals surface area contributed by atoms with E-state index in [2.05, 4.69) is 5.32 Å². The first-order valence-corrected chi connectivity index (χ1v) is 7.94. The van der Waals surface area contributed by atoms with Crippen LogP contribution in [0.5, 0.6) is 0 Å². The lowest BCUT2D eigenvalue weighted by Crippen LogP contribution is -2.30. The van der Waals surface area contributed by atoms with E-state index < -0.39 is 12.1 Å². The standard InChI is InChI=1S/C20H23NO3/c1-12-9-13(2)11-17(10-12)20(23)24-16(5)19(22)21-18-14(3)7-6-8-15(18)4/h6-11,16H,1-5H3,(H,21,22). The molecule has 1 N–H and O–H groups in total. The highest BCUT2D eigenvalue weighted by Gasteiger charge is 2.20. The number of ether oxygens (including phenoxy) is 1. The monoisotopic (exact) mass is 325 g/mol. The number of amides is 1. The molecule has 0 heterocycles. The topological polar surface area (TPSA) is 55.4 Å². The maximum atomic E-state index is 12.3. The van der Waals surface area contributed by atoms with Crippen LogP contribution in [0, 0.1) is 27.7 Å². The first-order chi connectivity index (χ1) is 11.3. The lowest BCUT2D eigenvalue weighted by molar-refractivity contribution is -0.123. The predicted octanol–water partition coefficient (Wildman–Crippen LogP) is 4.10. The van der Waals surface area contributed by atoms with Gasteiger partial charge in [0.2, 0.25) is 0 Å².